The van der Waals surface area contributed by atoms with Crippen LogP contribution < -0.4 is 9.80 Å². The van der Waals surface area contributed by atoms with Crippen molar-refractivity contribution in [3.8, 4) is 11.4 Å². The highest BCUT2D eigenvalue weighted by molar-refractivity contribution is 6.25. The van der Waals surface area contributed by atoms with Crippen LogP contribution in [-0.4, -0.2) is 15.3 Å². The van der Waals surface area contributed by atoms with Crippen molar-refractivity contribution in [2.75, 3.05) is 9.80 Å². The van der Waals surface area contributed by atoms with Gasteiger partial charge in [-0.3, -0.25) is 0 Å². The van der Waals surface area contributed by atoms with Crippen LogP contribution in [0.4, 0.5) is 11.4 Å². The minimum atomic E-state index is 0.0457. The quantitative estimate of drug-likeness (QED) is 0.206. The first kappa shape index (κ1) is 25.7. The summed E-state index contributed by atoms with van der Waals surface area (Å²) in [4.78, 5) is 4.87. The van der Waals surface area contributed by atoms with Gasteiger partial charge in [-0.1, -0.05) is 91.0 Å². The van der Waals surface area contributed by atoms with E-state index in [1.54, 1.807) is 0 Å². The van der Waals surface area contributed by atoms with Crippen molar-refractivity contribution < 1.29 is 0 Å². The lowest BCUT2D eigenvalue weighted by atomic mass is 10.1. The Labute approximate surface area is 262 Å². The largest absolute Gasteiger partial charge is 0.325 e. The summed E-state index contributed by atoms with van der Waals surface area (Å²) in [5.41, 5.74) is 10.8. The third kappa shape index (κ3) is 3.72. The molecular weight excluding hydrogens is 548 g/mol. The maximum atomic E-state index is 2.48. The van der Waals surface area contributed by atoms with Crippen molar-refractivity contribution in [3.05, 3.63) is 157 Å². The summed E-state index contributed by atoms with van der Waals surface area (Å²) >= 11 is 0. The number of rotatable bonds is 4. The summed E-state index contributed by atoms with van der Waals surface area (Å²) in [5, 5.41) is 5.01. The Morgan fingerprint density at radius 1 is 0.467 bits per heavy atom. The molecule has 8 aromatic rings. The SMILES string of the molecule is Cc1ccccc1N1C=CN(c2c3c(cc4c5ccccc5n(-c5ccccc5)c24)c2ccccc2n3-c2ccccc2)[C@@H]1C. The van der Waals surface area contributed by atoms with E-state index >= 15 is 0 Å². The van der Waals surface area contributed by atoms with E-state index in [-0.39, 0.29) is 6.17 Å². The molecule has 0 bridgehead atoms. The summed E-state index contributed by atoms with van der Waals surface area (Å²) in [6, 6.07) is 50.3. The molecule has 0 unspecified atom stereocenters. The van der Waals surface area contributed by atoms with Gasteiger partial charge in [-0.2, -0.15) is 0 Å². The number of hydrogen-bond donors (Lipinski definition) is 0. The van der Waals surface area contributed by atoms with Gasteiger partial charge in [0, 0.05) is 51.0 Å². The van der Waals surface area contributed by atoms with Gasteiger partial charge >= 0.3 is 0 Å². The fourth-order valence-corrected chi connectivity index (χ4v) is 7.40. The van der Waals surface area contributed by atoms with E-state index in [0.29, 0.717) is 0 Å². The minimum absolute atomic E-state index is 0.0457. The lowest BCUT2D eigenvalue weighted by molar-refractivity contribution is 0.750. The molecule has 0 saturated carbocycles. The van der Waals surface area contributed by atoms with Crippen molar-refractivity contribution >= 4 is 55.0 Å². The van der Waals surface area contributed by atoms with Crippen LogP contribution in [-0.2, 0) is 0 Å². The molecule has 0 aliphatic carbocycles. The predicted octanol–water partition coefficient (Wildman–Crippen LogP) is 10.3. The topological polar surface area (TPSA) is 16.3 Å². The van der Waals surface area contributed by atoms with Crippen LogP contribution >= 0.6 is 0 Å². The highest BCUT2D eigenvalue weighted by Crippen LogP contribution is 2.48. The maximum Gasteiger partial charge on any atom is 0.107 e. The van der Waals surface area contributed by atoms with E-state index < -0.39 is 0 Å². The van der Waals surface area contributed by atoms with Gasteiger partial charge in [-0.05, 0) is 67.9 Å². The van der Waals surface area contributed by atoms with E-state index in [2.05, 4.69) is 185 Å². The lowest BCUT2D eigenvalue weighted by Crippen LogP contribution is -2.36. The first-order chi connectivity index (χ1) is 22.2. The molecule has 9 rings (SSSR count). The third-order valence-electron chi connectivity index (χ3n) is 9.44. The van der Waals surface area contributed by atoms with Crippen molar-refractivity contribution in [2.24, 2.45) is 0 Å². The van der Waals surface area contributed by atoms with Crippen LogP contribution in [0.25, 0.3) is 55.0 Å². The number of aryl methyl sites for hydroxylation is 1. The molecule has 0 saturated heterocycles. The monoisotopic (exact) mass is 580 g/mol. The lowest BCUT2D eigenvalue weighted by Gasteiger charge is -2.32. The first-order valence-corrected chi connectivity index (χ1v) is 15.6. The Hall–Kier alpha value is -5.74. The number of nitrogens with zero attached hydrogens (tertiary/aromatic N) is 4. The fraction of sp³-hybridized carbons (Fsp3) is 0.0732. The molecule has 4 heteroatoms. The summed E-state index contributed by atoms with van der Waals surface area (Å²) in [6.07, 6.45) is 4.55. The Morgan fingerprint density at radius 2 is 0.933 bits per heavy atom. The van der Waals surface area contributed by atoms with Crippen molar-refractivity contribution in [1.29, 1.82) is 0 Å². The molecule has 0 radical (unpaired) electrons. The van der Waals surface area contributed by atoms with Crippen molar-refractivity contribution in [1.82, 2.24) is 9.13 Å². The van der Waals surface area contributed by atoms with Gasteiger partial charge in [0.05, 0.1) is 27.8 Å². The summed E-state index contributed by atoms with van der Waals surface area (Å²) < 4.78 is 4.92. The normalized spacial score (nSPS) is 14.9. The zero-order valence-electron chi connectivity index (χ0n) is 25.3. The highest BCUT2D eigenvalue weighted by atomic mass is 15.4. The maximum absolute atomic E-state index is 2.48. The Balaban J connectivity index is 1.48. The zero-order valence-corrected chi connectivity index (χ0v) is 25.3. The number of para-hydroxylation sites is 5. The van der Waals surface area contributed by atoms with E-state index in [4.69, 9.17) is 0 Å². The van der Waals surface area contributed by atoms with E-state index in [1.807, 2.05) is 0 Å². The van der Waals surface area contributed by atoms with E-state index in [1.165, 1.54) is 60.5 Å². The predicted molar refractivity (Wildman–Crippen MR) is 190 cm³/mol. The molecule has 4 nitrogen and oxygen atoms in total. The van der Waals surface area contributed by atoms with Gasteiger partial charge in [0.15, 0.2) is 0 Å². The first-order valence-electron chi connectivity index (χ1n) is 15.6. The molecule has 45 heavy (non-hydrogen) atoms. The van der Waals surface area contributed by atoms with E-state index in [0.717, 1.165) is 11.4 Å². The smallest absolute Gasteiger partial charge is 0.107 e. The standard InChI is InChI=1S/C41H32N4/c1-28-15-9-12-22-36(28)42-25-26-43(29(42)2)41-39-34(32-20-10-13-23-37(32)44(39)30-16-5-3-6-17-30)27-35-33-21-11-14-24-38(33)45(40(35)41)31-18-7-4-8-19-31/h3-27,29H,1-2H3/t29-/m1/s1. The molecule has 1 aliphatic rings. The molecule has 1 aliphatic heterocycles. The van der Waals surface area contributed by atoms with Crippen LogP contribution in [0, 0.1) is 6.92 Å². The van der Waals surface area contributed by atoms with Crippen LogP contribution in [0.2, 0.25) is 0 Å². The van der Waals surface area contributed by atoms with Gasteiger partial charge in [-0.25, -0.2) is 0 Å². The molecule has 0 fully saturated rings. The van der Waals surface area contributed by atoms with Crippen molar-refractivity contribution in [3.63, 3.8) is 0 Å². The Kier molecular flexibility index (Phi) is 5.66. The molecule has 0 N–H and O–H groups in total. The Morgan fingerprint density at radius 3 is 1.49 bits per heavy atom. The number of aromatic nitrogens is 2. The van der Waals surface area contributed by atoms with E-state index in [9.17, 15) is 0 Å². The van der Waals surface area contributed by atoms with Gasteiger partial charge < -0.3 is 18.9 Å². The minimum Gasteiger partial charge on any atom is -0.325 e. The zero-order chi connectivity index (χ0) is 30.1. The molecule has 0 amide bonds. The summed E-state index contributed by atoms with van der Waals surface area (Å²) in [7, 11) is 0. The number of anilines is 2. The number of hydrogen-bond acceptors (Lipinski definition) is 2. The Bertz CT molecular complexity index is 2280. The second kappa shape index (κ2) is 9.90. The number of fused-ring (bicyclic) bond motifs is 6. The van der Waals surface area contributed by atoms with Crippen LogP contribution in [0.15, 0.2) is 152 Å². The van der Waals surface area contributed by atoms with Crippen LogP contribution in [0.1, 0.15) is 12.5 Å². The van der Waals surface area contributed by atoms with Crippen molar-refractivity contribution in [2.45, 2.75) is 20.0 Å². The molecule has 1 atom stereocenters. The second-order valence-corrected chi connectivity index (χ2v) is 11.9. The molecule has 2 aromatic heterocycles. The van der Waals surface area contributed by atoms with Gasteiger partial charge in [-0.15, -0.1) is 0 Å². The van der Waals surface area contributed by atoms with Gasteiger partial charge in [0.2, 0.25) is 0 Å². The summed E-state index contributed by atoms with van der Waals surface area (Å²) in [5.74, 6) is 0. The summed E-state index contributed by atoms with van der Waals surface area (Å²) in [6.45, 7) is 4.50. The van der Waals surface area contributed by atoms with Gasteiger partial charge in [0.25, 0.3) is 0 Å². The van der Waals surface area contributed by atoms with Gasteiger partial charge in [0.1, 0.15) is 6.17 Å². The molecular formula is C41H32N4. The highest BCUT2D eigenvalue weighted by Gasteiger charge is 2.32. The van der Waals surface area contributed by atoms with Crippen LogP contribution in [0.3, 0.4) is 0 Å². The second-order valence-electron chi connectivity index (χ2n) is 11.9. The fourth-order valence-electron chi connectivity index (χ4n) is 7.40. The average molecular weight is 581 g/mol. The molecule has 3 heterocycles. The molecule has 216 valence electrons. The molecule has 6 aromatic carbocycles. The third-order valence-corrected chi connectivity index (χ3v) is 9.44. The molecule has 0 spiro atoms. The average Bonchev–Trinajstić information content (AvgIpc) is 3.74. The van der Waals surface area contributed by atoms with Crippen LogP contribution in [0.5, 0.6) is 0 Å². The number of benzene rings is 6.